The van der Waals surface area contributed by atoms with E-state index < -0.39 is 5.97 Å². The van der Waals surface area contributed by atoms with Gasteiger partial charge in [0.25, 0.3) is 0 Å². The van der Waals surface area contributed by atoms with Crippen LogP contribution in [0.15, 0.2) is 54.9 Å². The fraction of sp³-hybridized carbons (Fsp3) is 0.167. The van der Waals surface area contributed by atoms with Crippen molar-refractivity contribution in [3.8, 4) is 22.4 Å². The van der Waals surface area contributed by atoms with Crippen LogP contribution in [0.4, 0.5) is 10.1 Å². The number of aromatic nitrogens is 2. The van der Waals surface area contributed by atoms with Crippen LogP contribution < -0.4 is 5.73 Å². The van der Waals surface area contributed by atoms with Gasteiger partial charge in [0.1, 0.15) is 11.4 Å². The number of fused-ring (bicyclic) bond motifs is 1. The van der Waals surface area contributed by atoms with Crippen LogP contribution in [0.25, 0.3) is 33.3 Å². The van der Waals surface area contributed by atoms with Crippen molar-refractivity contribution in [1.29, 1.82) is 0 Å². The maximum atomic E-state index is 14.7. The van der Waals surface area contributed by atoms with Gasteiger partial charge in [-0.2, -0.15) is 0 Å². The molecule has 0 bridgehead atoms. The number of rotatable bonds is 4. The minimum atomic E-state index is -1.11. The molecular weight excluding hydrogens is 381 g/mol. The van der Waals surface area contributed by atoms with Gasteiger partial charge in [-0.05, 0) is 48.6 Å². The highest BCUT2D eigenvalue weighted by Crippen LogP contribution is 2.45. The smallest absolute Gasteiger partial charge is 0.340 e. The fourth-order valence-corrected chi connectivity index (χ4v) is 4.16. The maximum absolute atomic E-state index is 14.7. The van der Waals surface area contributed by atoms with Gasteiger partial charge < -0.3 is 15.4 Å². The Balaban J connectivity index is 1.80. The zero-order valence-corrected chi connectivity index (χ0v) is 16.4. The lowest BCUT2D eigenvalue weighted by atomic mass is 9.94. The molecule has 5 nitrogen and oxygen atoms in total. The van der Waals surface area contributed by atoms with Crippen LogP contribution in [0.3, 0.4) is 0 Å². The summed E-state index contributed by atoms with van der Waals surface area (Å²) in [7, 11) is 1.90. The highest BCUT2D eigenvalue weighted by molar-refractivity contribution is 6.04. The lowest BCUT2D eigenvalue weighted by Gasteiger charge is -2.15. The van der Waals surface area contributed by atoms with Gasteiger partial charge >= 0.3 is 5.97 Å². The Bertz CT molecular complexity index is 1320. The van der Waals surface area contributed by atoms with Gasteiger partial charge in [0.15, 0.2) is 0 Å². The van der Waals surface area contributed by atoms with Gasteiger partial charge in [-0.1, -0.05) is 18.2 Å². The molecule has 30 heavy (non-hydrogen) atoms. The summed E-state index contributed by atoms with van der Waals surface area (Å²) < 4.78 is 16.6. The number of pyridine rings is 1. The second kappa shape index (κ2) is 6.69. The molecule has 0 radical (unpaired) electrons. The Kier molecular flexibility index (Phi) is 4.10. The van der Waals surface area contributed by atoms with E-state index in [0.29, 0.717) is 22.4 Å². The number of anilines is 1. The van der Waals surface area contributed by atoms with Crippen molar-refractivity contribution in [3.05, 3.63) is 71.8 Å². The van der Waals surface area contributed by atoms with Gasteiger partial charge in [-0.3, -0.25) is 4.98 Å². The number of hydrogen-bond donors (Lipinski definition) is 2. The van der Waals surface area contributed by atoms with Gasteiger partial charge in [0.05, 0.1) is 16.9 Å². The summed E-state index contributed by atoms with van der Waals surface area (Å²) in [5, 5.41) is 10.8. The number of aromatic carboxylic acids is 1. The van der Waals surface area contributed by atoms with Gasteiger partial charge in [0, 0.05) is 41.5 Å². The van der Waals surface area contributed by atoms with E-state index in [0.717, 1.165) is 29.3 Å². The molecule has 150 valence electrons. The molecule has 2 heterocycles. The van der Waals surface area contributed by atoms with Crippen molar-refractivity contribution in [2.75, 3.05) is 5.73 Å². The number of aryl methyl sites for hydroxylation is 1. The highest BCUT2D eigenvalue weighted by Gasteiger charge is 2.30. The van der Waals surface area contributed by atoms with Crippen molar-refractivity contribution >= 4 is 22.6 Å². The summed E-state index contributed by atoms with van der Waals surface area (Å²) in [6.07, 6.45) is 5.58. The van der Waals surface area contributed by atoms with Crippen LogP contribution in [0.5, 0.6) is 0 Å². The van der Waals surface area contributed by atoms with E-state index in [1.165, 1.54) is 6.07 Å². The molecule has 1 aliphatic rings. The first-order chi connectivity index (χ1) is 14.5. The zero-order chi connectivity index (χ0) is 21.0. The molecule has 2 aromatic heterocycles. The summed E-state index contributed by atoms with van der Waals surface area (Å²) >= 11 is 0. The third-order valence-corrected chi connectivity index (χ3v) is 5.79. The molecule has 2 aromatic carbocycles. The second-order valence-corrected chi connectivity index (χ2v) is 7.80. The van der Waals surface area contributed by atoms with Crippen molar-refractivity contribution in [2.24, 2.45) is 7.05 Å². The molecular formula is C24H20FN3O2. The molecule has 6 heteroatoms. The first kappa shape index (κ1) is 18.4. The lowest BCUT2D eigenvalue weighted by molar-refractivity contribution is 0.0698. The number of hydrogen-bond acceptors (Lipinski definition) is 3. The molecule has 1 aliphatic carbocycles. The Labute approximate surface area is 172 Å². The molecule has 0 spiro atoms. The number of carbonyl (C=O) groups is 1. The van der Waals surface area contributed by atoms with Crippen molar-refractivity contribution in [1.82, 2.24) is 9.55 Å². The number of nitrogens with two attached hydrogens (primary N) is 1. The standard InChI is InChI=1S/C24H20FN3O2/c1-28-9-8-14-10-15(11-17(23(14)28)16-4-2-3-5-19(16)25)22-20(24(29)30)21(26)18(12-27-22)13-6-7-13/h2-5,8-13H,6-7H2,1H3,(H2,26,27)(H,29,30). The van der Waals surface area contributed by atoms with E-state index >= 15 is 0 Å². The molecule has 5 rings (SSSR count). The summed E-state index contributed by atoms with van der Waals surface area (Å²) in [6.45, 7) is 0. The van der Waals surface area contributed by atoms with Gasteiger partial charge in [0.2, 0.25) is 0 Å². The lowest BCUT2D eigenvalue weighted by Crippen LogP contribution is -2.09. The van der Waals surface area contributed by atoms with Crippen LogP contribution in [0.2, 0.25) is 0 Å². The summed E-state index contributed by atoms with van der Waals surface area (Å²) in [5.74, 6) is -1.17. The van der Waals surface area contributed by atoms with Crippen LogP contribution in [-0.2, 0) is 7.05 Å². The van der Waals surface area contributed by atoms with E-state index in [-0.39, 0.29) is 23.0 Å². The molecule has 0 amide bonds. The molecule has 0 atom stereocenters. The van der Waals surface area contributed by atoms with Crippen LogP contribution in [0.1, 0.15) is 34.7 Å². The first-order valence-electron chi connectivity index (χ1n) is 9.81. The second-order valence-electron chi connectivity index (χ2n) is 7.80. The topological polar surface area (TPSA) is 81.1 Å². The predicted molar refractivity (Wildman–Crippen MR) is 115 cm³/mol. The van der Waals surface area contributed by atoms with Gasteiger partial charge in [-0.15, -0.1) is 0 Å². The number of benzene rings is 2. The molecule has 0 unspecified atom stereocenters. The van der Waals surface area contributed by atoms with Crippen LogP contribution in [0, 0.1) is 5.82 Å². The number of halogens is 1. The van der Waals surface area contributed by atoms with Crippen LogP contribution >= 0.6 is 0 Å². The average molecular weight is 401 g/mol. The van der Waals surface area contributed by atoms with E-state index in [4.69, 9.17) is 5.73 Å². The molecule has 0 aliphatic heterocycles. The number of nitrogens with zero attached hydrogens (tertiary/aromatic N) is 2. The van der Waals surface area contributed by atoms with Crippen molar-refractivity contribution in [3.63, 3.8) is 0 Å². The van der Waals surface area contributed by atoms with Crippen LogP contribution in [-0.4, -0.2) is 20.6 Å². The van der Waals surface area contributed by atoms with E-state index in [9.17, 15) is 14.3 Å². The molecule has 1 saturated carbocycles. The number of carboxylic acids is 1. The maximum Gasteiger partial charge on any atom is 0.340 e. The third-order valence-electron chi connectivity index (χ3n) is 5.79. The Hall–Kier alpha value is -3.67. The largest absolute Gasteiger partial charge is 0.478 e. The summed E-state index contributed by atoms with van der Waals surface area (Å²) in [5.41, 5.74) is 10.2. The molecule has 1 fully saturated rings. The number of nitrogen functional groups attached to an aromatic ring is 1. The predicted octanol–water partition coefficient (Wildman–Crippen LogP) is 5.20. The minimum Gasteiger partial charge on any atom is -0.478 e. The zero-order valence-electron chi connectivity index (χ0n) is 16.4. The summed E-state index contributed by atoms with van der Waals surface area (Å²) in [6, 6.07) is 12.2. The Morgan fingerprint density at radius 3 is 2.67 bits per heavy atom. The normalized spacial score (nSPS) is 13.7. The first-order valence-corrected chi connectivity index (χ1v) is 9.81. The number of carboxylic acid groups (broad SMARTS) is 1. The average Bonchev–Trinajstić information content (AvgIpc) is 3.50. The van der Waals surface area contributed by atoms with Crippen molar-refractivity contribution in [2.45, 2.75) is 18.8 Å². The monoisotopic (exact) mass is 401 g/mol. The summed E-state index contributed by atoms with van der Waals surface area (Å²) in [4.78, 5) is 16.6. The van der Waals surface area contributed by atoms with Gasteiger partial charge in [-0.25, -0.2) is 9.18 Å². The molecule has 0 saturated heterocycles. The van der Waals surface area contributed by atoms with E-state index in [2.05, 4.69) is 4.98 Å². The van der Waals surface area contributed by atoms with E-state index in [1.54, 1.807) is 30.5 Å². The fourth-order valence-electron chi connectivity index (χ4n) is 4.16. The minimum absolute atomic E-state index is 0.00849. The molecule has 3 N–H and O–H groups in total. The highest BCUT2D eigenvalue weighted by atomic mass is 19.1. The molecule has 4 aromatic rings. The Morgan fingerprint density at radius 2 is 1.97 bits per heavy atom. The van der Waals surface area contributed by atoms with Crippen molar-refractivity contribution < 1.29 is 14.3 Å². The van der Waals surface area contributed by atoms with E-state index in [1.807, 2.05) is 29.9 Å². The third kappa shape index (κ3) is 2.84. The quantitative estimate of drug-likeness (QED) is 0.492. The SMILES string of the molecule is Cn1ccc2cc(-c3ncc(C4CC4)c(N)c3C(=O)O)cc(-c3ccccc3F)c21. The Morgan fingerprint density at radius 1 is 1.20 bits per heavy atom.